The summed E-state index contributed by atoms with van der Waals surface area (Å²) in [6, 6.07) is 8.85. The fraction of sp³-hybridized carbons (Fsp3) is 0.450. The monoisotopic (exact) mass is 354 g/mol. The van der Waals surface area contributed by atoms with Gasteiger partial charge in [0.05, 0.1) is 6.61 Å². The van der Waals surface area contributed by atoms with E-state index >= 15 is 0 Å². The van der Waals surface area contributed by atoms with Crippen LogP contribution in [0.25, 0.3) is 6.08 Å². The van der Waals surface area contributed by atoms with Crippen LogP contribution in [0.15, 0.2) is 29.8 Å². The van der Waals surface area contributed by atoms with Gasteiger partial charge >= 0.3 is 5.97 Å². The van der Waals surface area contributed by atoms with Gasteiger partial charge in [-0.3, -0.25) is 4.79 Å². The molecule has 1 rings (SSSR count). The fourth-order valence-corrected chi connectivity index (χ4v) is 2.07. The van der Waals surface area contributed by atoms with E-state index in [1.54, 1.807) is 24.3 Å². The van der Waals surface area contributed by atoms with Crippen LogP contribution < -0.4 is 5.32 Å². The number of rotatable bonds is 7. The molecule has 26 heavy (non-hydrogen) atoms. The zero-order chi connectivity index (χ0) is 19.7. The molecule has 0 spiro atoms. The zero-order valence-electron chi connectivity index (χ0n) is 16.3. The number of nitriles is 1. The minimum absolute atomic E-state index is 0.0437. The van der Waals surface area contributed by atoms with E-state index in [-0.39, 0.29) is 22.7 Å². The Morgan fingerprint density at radius 2 is 1.92 bits per heavy atom. The quantitative estimate of drug-likeness (QED) is 0.352. The summed E-state index contributed by atoms with van der Waals surface area (Å²) in [6.07, 6.45) is 2.82. The van der Waals surface area contributed by atoms with Gasteiger partial charge in [0.1, 0.15) is 19.5 Å². The lowest BCUT2D eigenvalue weighted by Gasteiger charge is -2.17. The van der Waals surface area contributed by atoms with Gasteiger partial charge < -0.3 is 10.1 Å². The van der Waals surface area contributed by atoms with Gasteiger partial charge in [-0.15, -0.1) is 0 Å². The molecule has 0 aromatic heterocycles. The van der Waals surface area contributed by atoms with E-state index in [1.807, 2.05) is 41.6 Å². The number of carbonyl (C=O) groups excluding carboxylic acids is 2. The van der Waals surface area contributed by atoms with Gasteiger partial charge in [-0.1, -0.05) is 46.2 Å². The number of hydrogen-bond acceptors (Lipinski definition) is 4. The highest BCUT2D eigenvalue weighted by molar-refractivity contribution is 6.11. The molecule has 0 heterocycles. The lowest BCUT2D eigenvalue weighted by molar-refractivity contribution is -0.138. The van der Waals surface area contributed by atoms with Crippen molar-refractivity contribution >= 4 is 31.5 Å². The van der Waals surface area contributed by atoms with E-state index in [9.17, 15) is 14.9 Å². The van der Waals surface area contributed by atoms with Crippen molar-refractivity contribution in [2.45, 2.75) is 46.4 Å². The maximum Gasteiger partial charge on any atom is 0.348 e. The van der Waals surface area contributed by atoms with Gasteiger partial charge in [-0.05, 0) is 35.0 Å². The third kappa shape index (κ3) is 8.02. The summed E-state index contributed by atoms with van der Waals surface area (Å²) >= 11 is 0. The molecule has 0 saturated carbocycles. The van der Waals surface area contributed by atoms with Crippen LogP contribution in [0.4, 0.5) is 5.69 Å². The third-order valence-corrected chi connectivity index (χ3v) is 3.73. The summed E-state index contributed by atoms with van der Waals surface area (Å²) in [7, 11) is 1.98. The van der Waals surface area contributed by atoms with Crippen molar-refractivity contribution in [1.82, 2.24) is 0 Å². The number of carbonyl (C=O) groups is 2. The predicted molar refractivity (Wildman–Crippen MR) is 106 cm³/mol. The van der Waals surface area contributed by atoms with E-state index in [0.29, 0.717) is 24.3 Å². The minimum atomic E-state index is -0.615. The van der Waals surface area contributed by atoms with Crippen LogP contribution in [0, 0.1) is 16.7 Å². The number of ether oxygens (including phenoxy) is 1. The Bertz CT molecular complexity index is 697. The molecular formula is C20H27BN2O3. The average molecular weight is 354 g/mol. The molecule has 138 valence electrons. The maximum atomic E-state index is 12.0. The number of hydrogen-bond donors (Lipinski definition) is 1. The Morgan fingerprint density at radius 1 is 1.31 bits per heavy atom. The van der Waals surface area contributed by atoms with Crippen molar-refractivity contribution in [1.29, 1.82) is 5.26 Å². The van der Waals surface area contributed by atoms with E-state index in [0.717, 1.165) is 6.42 Å². The summed E-state index contributed by atoms with van der Waals surface area (Å²) in [5.41, 5.74) is 1.24. The number of anilines is 1. The number of esters is 1. The van der Waals surface area contributed by atoms with E-state index in [4.69, 9.17) is 4.74 Å². The van der Waals surface area contributed by atoms with Crippen molar-refractivity contribution in [3.8, 4) is 6.07 Å². The van der Waals surface area contributed by atoms with Crippen molar-refractivity contribution in [2.75, 3.05) is 11.9 Å². The van der Waals surface area contributed by atoms with Crippen molar-refractivity contribution in [2.24, 2.45) is 5.41 Å². The van der Waals surface area contributed by atoms with Crippen LogP contribution in [0.3, 0.4) is 0 Å². The molecule has 0 aliphatic heterocycles. The summed E-state index contributed by atoms with van der Waals surface area (Å²) in [4.78, 5) is 23.9. The van der Waals surface area contributed by atoms with Crippen LogP contribution >= 0.6 is 0 Å². The van der Waals surface area contributed by atoms with Crippen LogP contribution in [-0.2, 0) is 14.3 Å². The molecule has 0 fully saturated rings. The van der Waals surface area contributed by atoms with Gasteiger partial charge in [-0.2, -0.15) is 5.26 Å². The number of benzene rings is 1. The van der Waals surface area contributed by atoms with Crippen molar-refractivity contribution in [3.63, 3.8) is 0 Å². The molecule has 0 aliphatic rings. The summed E-state index contributed by atoms with van der Waals surface area (Å²) in [6.45, 7) is 8.33. The molecule has 1 unspecified atom stereocenters. The molecule has 0 aliphatic carbocycles. The first kappa shape index (κ1) is 21.5. The Hall–Kier alpha value is -2.55. The highest BCUT2D eigenvalue weighted by Gasteiger charge is 2.16. The molecule has 1 N–H and O–H groups in total. The SMILES string of the molecule is BC(CC)COC(=O)/C(C#N)=C/c1ccc(NC(=O)CC(C)(C)C)cc1. The average Bonchev–Trinajstić information content (AvgIpc) is 2.56. The largest absolute Gasteiger partial charge is 0.462 e. The highest BCUT2D eigenvalue weighted by atomic mass is 16.5. The maximum absolute atomic E-state index is 12.0. The van der Waals surface area contributed by atoms with Gasteiger partial charge in [0, 0.05) is 12.1 Å². The lowest BCUT2D eigenvalue weighted by atomic mass is 9.86. The van der Waals surface area contributed by atoms with E-state index < -0.39 is 5.97 Å². The molecular weight excluding hydrogens is 327 g/mol. The topological polar surface area (TPSA) is 79.2 Å². The Morgan fingerprint density at radius 3 is 2.42 bits per heavy atom. The normalized spacial score (nSPS) is 12.8. The third-order valence-electron chi connectivity index (χ3n) is 3.73. The molecule has 6 heteroatoms. The van der Waals surface area contributed by atoms with Crippen LogP contribution in [-0.4, -0.2) is 26.3 Å². The molecule has 1 aromatic carbocycles. The van der Waals surface area contributed by atoms with Gasteiger partial charge in [0.2, 0.25) is 5.91 Å². The van der Waals surface area contributed by atoms with E-state index in [1.165, 1.54) is 6.08 Å². The minimum Gasteiger partial charge on any atom is -0.462 e. The van der Waals surface area contributed by atoms with Gasteiger partial charge in [0.15, 0.2) is 0 Å². The first-order valence-corrected chi connectivity index (χ1v) is 8.83. The molecule has 0 radical (unpaired) electrons. The number of nitrogens with one attached hydrogen (secondary N) is 1. The molecule has 0 bridgehead atoms. The van der Waals surface area contributed by atoms with E-state index in [2.05, 4.69) is 5.32 Å². The highest BCUT2D eigenvalue weighted by Crippen LogP contribution is 2.20. The first-order chi connectivity index (χ1) is 12.1. The molecule has 5 nitrogen and oxygen atoms in total. The Kier molecular flexibility index (Phi) is 8.11. The smallest absolute Gasteiger partial charge is 0.348 e. The lowest BCUT2D eigenvalue weighted by Crippen LogP contribution is -2.19. The van der Waals surface area contributed by atoms with Crippen LogP contribution in [0.2, 0.25) is 5.82 Å². The zero-order valence-corrected chi connectivity index (χ0v) is 16.3. The molecule has 1 aromatic rings. The predicted octanol–water partition coefficient (Wildman–Crippen LogP) is 3.34. The summed E-state index contributed by atoms with van der Waals surface area (Å²) in [5.74, 6) is -0.405. The Balaban J connectivity index is 2.74. The second kappa shape index (κ2) is 9.81. The standard InChI is InChI=1S/C20H27BN2O3/c1-5-16(21)13-26-19(25)15(12-22)10-14-6-8-17(9-7-14)23-18(24)11-20(2,3)4/h6-10,16H,5,11,13,21H2,1-4H3,(H,23,24)/b15-10+. The first-order valence-electron chi connectivity index (χ1n) is 8.83. The van der Waals surface area contributed by atoms with Crippen LogP contribution in [0.5, 0.6) is 0 Å². The molecule has 0 saturated heterocycles. The van der Waals surface area contributed by atoms with Gasteiger partial charge in [0.25, 0.3) is 0 Å². The van der Waals surface area contributed by atoms with Gasteiger partial charge in [-0.25, -0.2) is 4.79 Å². The second-order valence-electron chi connectivity index (χ2n) is 7.69. The Labute approximate surface area is 156 Å². The van der Waals surface area contributed by atoms with Crippen molar-refractivity contribution in [3.05, 3.63) is 35.4 Å². The van der Waals surface area contributed by atoms with Crippen LogP contribution in [0.1, 0.15) is 46.1 Å². The second-order valence-corrected chi connectivity index (χ2v) is 7.69. The summed E-state index contributed by atoms with van der Waals surface area (Å²) < 4.78 is 5.16. The van der Waals surface area contributed by atoms with Crippen molar-refractivity contribution < 1.29 is 14.3 Å². The number of nitrogens with zero attached hydrogens (tertiary/aromatic N) is 1. The fourth-order valence-electron chi connectivity index (χ4n) is 2.07. The molecule has 1 amide bonds. The molecule has 1 atom stereocenters. The number of amides is 1. The summed E-state index contributed by atoms with van der Waals surface area (Å²) in [5, 5.41) is 12.0.